The minimum Gasteiger partial charge on any atom is -0.278 e. The van der Waals surface area contributed by atoms with Crippen molar-refractivity contribution in [1.82, 2.24) is 0 Å². The van der Waals surface area contributed by atoms with Crippen LogP contribution in [0.2, 0.25) is 5.02 Å². The Hall–Kier alpha value is -1.80. The zero-order chi connectivity index (χ0) is 17.4. The molecular weight excluding hydrogens is 358 g/mol. The van der Waals surface area contributed by atoms with Gasteiger partial charge in [0, 0.05) is 0 Å². The van der Waals surface area contributed by atoms with Gasteiger partial charge in [0.05, 0.1) is 21.2 Å². The molecule has 0 bridgehead atoms. The molecule has 0 amide bonds. The van der Waals surface area contributed by atoms with Gasteiger partial charge in [0.25, 0.3) is 10.0 Å². The fraction of sp³-hybridized carbons (Fsp3) is 0.143. The van der Waals surface area contributed by atoms with Crippen LogP contribution < -0.4 is 4.72 Å². The molecule has 0 aliphatic heterocycles. The summed E-state index contributed by atoms with van der Waals surface area (Å²) >= 11 is 5.74. The lowest BCUT2D eigenvalue weighted by Crippen LogP contribution is -2.16. The third kappa shape index (κ3) is 3.94. The summed E-state index contributed by atoms with van der Waals surface area (Å²) < 4.78 is 77.9. The van der Waals surface area contributed by atoms with Crippen LogP contribution in [0.5, 0.6) is 0 Å². The fourth-order valence-electron chi connectivity index (χ4n) is 1.84. The first-order chi connectivity index (χ1) is 10.5. The standard InChI is InChI=1S/C14H10ClF4NO2S/c1-8-2-4-10(16)7-13(8)23(21,22)20-12-6-9(14(17,18)19)3-5-11(12)15/h2-7,20H,1H3. The zero-order valence-electron chi connectivity index (χ0n) is 11.6. The topological polar surface area (TPSA) is 46.2 Å². The van der Waals surface area contributed by atoms with E-state index in [4.69, 9.17) is 11.6 Å². The van der Waals surface area contributed by atoms with E-state index in [0.717, 1.165) is 24.3 Å². The molecule has 0 saturated carbocycles. The monoisotopic (exact) mass is 367 g/mol. The van der Waals surface area contributed by atoms with Gasteiger partial charge in [-0.25, -0.2) is 12.8 Å². The Morgan fingerprint density at radius 3 is 2.35 bits per heavy atom. The van der Waals surface area contributed by atoms with Crippen LogP contribution in [0.4, 0.5) is 23.2 Å². The maximum atomic E-state index is 13.2. The maximum Gasteiger partial charge on any atom is 0.416 e. The van der Waals surface area contributed by atoms with Crippen LogP contribution in [0.3, 0.4) is 0 Å². The number of benzene rings is 2. The highest BCUT2D eigenvalue weighted by Gasteiger charge is 2.31. The van der Waals surface area contributed by atoms with Gasteiger partial charge in [-0.3, -0.25) is 4.72 Å². The average Bonchev–Trinajstić information content (AvgIpc) is 2.42. The van der Waals surface area contributed by atoms with Crippen molar-refractivity contribution >= 4 is 27.3 Å². The Balaban J connectivity index is 2.47. The lowest BCUT2D eigenvalue weighted by Gasteiger charge is -2.14. The van der Waals surface area contributed by atoms with Gasteiger partial charge in [-0.05, 0) is 42.8 Å². The molecule has 2 aromatic carbocycles. The number of hydrogen-bond acceptors (Lipinski definition) is 2. The Labute approximate surface area is 134 Å². The summed E-state index contributed by atoms with van der Waals surface area (Å²) in [6, 6.07) is 5.34. The number of aryl methyl sites for hydroxylation is 1. The SMILES string of the molecule is Cc1ccc(F)cc1S(=O)(=O)Nc1cc(C(F)(F)F)ccc1Cl. The molecule has 0 heterocycles. The van der Waals surface area contributed by atoms with Crippen LogP contribution in [0.25, 0.3) is 0 Å². The third-order valence-electron chi connectivity index (χ3n) is 2.98. The Kier molecular flexibility index (Phi) is 4.59. The molecule has 2 rings (SSSR count). The predicted octanol–water partition coefficient (Wildman–Crippen LogP) is 4.61. The van der Waals surface area contributed by atoms with Crippen molar-refractivity contribution in [3.63, 3.8) is 0 Å². The number of alkyl halides is 3. The zero-order valence-corrected chi connectivity index (χ0v) is 13.2. The molecule has 0 aromatic heterocycles. The van der Waals surface area contributed by atoms with Crippen LogP contribution in [0.1, 0.15) is 11.1 Å². The summed E-state index contributed by atoms with van der Waals surface area (Å²) in [5.41, 5.74) is -1.26. The van der Waals surface area contributed by atoms with Gasteiger partial charge in [0.15, 0.2) is 0 Å². The molecule has 0 radical (unpaired) electrons. The predicted molar refractivity (Wildman–Crippen MR) is 78.4 cm³/mol. The fourth-order valence-corrected chi connectivity index (χ4v) is 3.39. The van der Waals surface area contributed by atoms with Gasteiger partial charge in [0.2, 0.25) is 0 Å². The molecule has 0 saturated heterocycles. The molecule has 2 aromatic rings. The highest BCUT2D eigenvalue weighted by atomic mass is 35.5. The first-order valence-electron chi connectivity index (χ1n) is 6.16. The van der Waals surface area contributed by atoms with E-state index in [0.29, 0.717) is 6.07 Å². The van der Waals surface area contributed by atoms with E-state index in [1.165, 1.54) is 13.0 Å². The number of halogens is 5. The summed E-state index contributed by atoms with van der Waals surface area (Å²) in [7, 11) is -4.29. The van der Waals surface area contributed by atoms with Crippen molar-refractivity contribution < 1.29 is 26.0 Å². The highest BCUT2D eigenvalue weighted by molar-refractivity contribution is 7.92. The molecule has 124 valence electrons. The maximum absolute atomic E-state index is 13.2. The van der Waals surface area contributed by atoms with Crippen molar-refractivity contribution in [3.05, 3.63) is 58.4 Å². The van der Waals surface area contributed by atoms with Gasteiger partial charge >= 0.3 is 6.18 Å². The molecule has 1 N–H and O–H groups in total. The minimum atomic E-state index is -4.65. The van der Waals surface area contributed by atoms with Crippen molar-refractivity contribution in [2.24, 2.45) is 0 Å². The van der Waals surface area contributed by atoms with E-state index in [1.54, 1.807) is 0 Å². The van der Waals surface area contributed by atoms with Crippen molar-refractivity contribution in [2.45, 2.75) is 18.0 Å². The van der Waals surface area contributed by atoms with E-state index in [1.807, 2.05) is 4.72 Å². The van der Waals surface area contributed by atoms with Gasteiger partial charge in [-0.2, -0.15) is 13.2 Å². The van der Waals surface area contributed by atoms with Crippen molar-refractivity contribution in [1.29, 1.82) is 0 Å². The van der Waals surface area contributed by atoms with Gasteiger partial charge in [-0.15, -0.1) is 0 Å². The number of nitrogens with one attached hydrogen (secondary N) is 1. The highest BCUT2D eigenvalue weighted by Crippen LogP contribution is 2.34. The van der Waals surface area contributed by atoms with Gasteiger partial charge in [-0.1, -0.05) is 17.7 Å². The van der Waals surface area contributed by atoms with Crippen LogP contribution in [-0.4, -0.2) is 8.42 Å². The molecule has 0 spiro atoms. The van der Waals surface area contributed by atoms with Gasteiger partial charge < -0.3 is 0 Å². The molecule has 9 heteroatoms. The molecule has 0 fully saturated rings. The Bertz CT molecular complexity index is 850. The second-order valence-electron chi connectivity index (χ2n) is 4.71. The molecule has 0 atom stereocenters. The molecule has 0 aliphatic rings. The van der Waals surface area contributed by atoms with Gasteiger partial charge in [0.1, 0.15) is 5.82 Å². The number of hydrogen-bond donors (Lipinski definition) is 1. The minimum absolute atomic E-state index is 0.212. The quantitative estimate of drug-likeness (QED) is 0.805. The summed E-state index contributed by atoms with van der Waals surface area (Å²) in [5.74, 6) is -0.786. The lowest BCUT2D eigenvalue weighted by atomic mass is 10.2. The van der Waals surface area contributed by atoms with E-state index in [-0.39, 0.29) is 15.5 Å². The molecule has 0 aliphatic carbocycles. The van der Waals surface area contributed by atoms with Crippen molar-refractivity contribution in [3.8, 4) is 0 Å². The first kappa shape index (κ1) is 17.6. The number of anilines is 1. The largest absolute Gasteiger partial charge is 0.416 e. The van der Waals surface area contributed by atoms with Crippen LogP contribution in [-0.2, 0) is 16.2 Å². The summed E-state index contributed by atoms with van der Waals surface area (Å²) in [6.45, 7) is 1.43. The molecular formula is C14H10ClF4NO2S. The lowest BCUT2D eigenvalue weighted by molar-refractivity contribution is -0.137. The normalized spacial score (nSPS) is 12.3. The van der Waals surface area contributed by atoms with Crippen LogP contribution >= 0.6 is 11.6 Å². The summed E-state index contributed by atoms with van der Waals surface area (Å²) in [5, 5.41) is -0.212. The Morgan fingerprint density at radius 2 is 1.74 bits per heavy atom. The van der Waals surface area contributed by atoms with Crippen LogP contribution in [0, 0.1) is 12.7 Å². The smallest absolute Gasteiger partial charge is 0.278 e. The number of rotatable bonds is 3. The molecule has 0 unspecified atom stereocenters. The third-order valence-corrected chi connectivity index (χ3v) is 4.81. The Morgan fingerprint density at radius 1 is 1.09 bits per heavy atom. The molecule has 23 heavy (non-hydrogen) atoms. The van der Waals surface area contributed by atoms with E-state index < -0.39 is 33.3 Å². The van der Waals surface area contributed by atoms with E-state index >= 15 is 0 Å². The first-order valence-corrected chi connectivity index (χ1v) is 8.02. The summed E-state index contributed by atoms with van der Waals surface area (Å²) in [6.07, 6.45) is -4.65. The number of sulfonamides is 1. The second-order valence-corrected chi connectivity index (χ2v) is 6.77. The van der Waals surface area contributed by atoms with E-state index in [9.17, 15) is 26.0 Å². The van der Waals surface area contributed by atoms with E-state index in [2.05, 4.69) is 0 Å². The van der Waals surface area contributed by atoms with Crippen molar-refractivity contribution in [2.75, 3.05) is 4.72 Å². The second kappa shape index (κ2) is 6.01. The van der Waals surface area contributed by atoms with Crippen LogP contribution in [0.15, 0.2) is 41.3 Å². The summed E-state index contributed by atoms with van der Waals surface area (Å²) in [4.78, 5) is -0.383. The molecule has 3 nitrogen and oxygen atoms in total. The average molecular weight is 368 g/mol.